The molecule has 0 aliphatic rings. The molecule has 5 heteroatoms. The Morgan fingerprint density at radius 1 is 0.964 bits per heavy atom. The number of likely N-dealkylation sites (N-methyl/N-ethyl adjacent to an activating group) is 2. The van der Waals surface area contributed by atoms with Crippen molar-refractivity contribution in [3.05, 3.63) is 58.7 Å². The van der Waals surface area contributed by atoms with E-state index in [0.717, 1.165) is 28.2 Å². The Bertz CT molecular complexity index is 764. The van der Waals surface area contributed by atoms with Crippen LogP contribution < -0.4 is 9.47 Å². The molecule has 0 aromatic heterocycles. The van der Waals surface area contributed by atoms with Crippen LogP contribution in [0.1, 0.15) is 29.2 Å². The highest BCUT2D eigenvalue weighted by Gasteiger charge is 2.14. The fourth-order valence-corrected chi connectivity index (χ4v) is 3.39. The van der Waals surface area contributed by atoms with E-state index >= 15 is 0 Å². The fraction of sp³-hybridized carbons (Fsp3) is 0.435. The molecule has 5 nitrogen and oxygen atoms in total. The third-order valence-corrected chi connectivity index (χ3v) is 4.66. The van der Waals surface area contributed by atoms with Crippen molar-refractivity contribution < 1.29 is 14.3 Å². The minimum absolute atomic E-state index is 0.0957. The Kier molecular flexibility index (Phi) is 7.88. The van der Waals surface area contributed by atoms with Gasteiger partial charge in [-0.2, -0.15) is 0 Å². The molecule has 0 atom stereocenters. The third-order valence-electron chi connectivity index (χ3n) is 4.66. The summed E-state index contributed by atoms with van der Waals surface area (Å²) in [5.41, 5.74) is 4.50. The van der Waals surface area contributed by atoms with E-state index in [0.29, 0.717) is 26.2 Å². The van der Waals surface area contributed by atoms with Crippen molar-refractivity contribution in [1.82, 2.24) is 9.80 Å². The number of aryl methyl sites for hydroxylation is 2. The van der Waals surface area contributed by atoms with Crippen LogP contribution in [0, 0.1) is 13.8 Å². The Hall–Kier alpha value is -2.53. The lowest BCUT2D eigenvalue weighted by molar-refractivity contribution is -0.131. The molecule has 0 saturated heterocycles. The number of hydrogen-bond acceptors (Lipinski definition) is 4. The zero-order chi connectivity index (χ0) is 20.7. The molecule has 0 fully saturated rings. The first-order valence-electron chi connectivity index (χ1n) is 9.62. The summed E-state index contributed by atoms with van der Waals surface area (Å²) >= 11 is 0. The van der Waals surface area contributed by atoms with Crippen LogP contribution in [0.2, 0.25) is 0 Å². The van der Waals surface area contributed by atoms with Crippen LogP contribution in [-0.4, -0.2) is 50.1 Å². The number of rotatable bonds is 9. The fourth-order valence-electron chi connectivity index (χ4n) is 3.39. The maximum Gasteiger partial charge on any atom is 0.236 e. The summed E-state index contributed by atoms with van der Waals surface area (Å²) in [4.78, 5) is 16.4. The molecular weight excluding hydrogens is 352 g/mol. The molecular formula is C23H32N2O3. The molecule has 2 aromatic carbocycles. The molecule has 0 aliphatic heterocycles. The zero-order valence-electron chi connectivity index (χ0n) is 17.9. The lowest BCUT2D eigenvalue weighted by Crippen LogP contribution is -2.36. The predicted octanol–water partition coefficient (Wildman–Crippen LogP) is 3.80. The van der Waals surface area contributed by atoms with Gasteiger partial charge in [-0.1, -0.05) is 24.3 Å². The number of carbonyl (C=O) groups excluding carboxylic acids is 1. The van der Waals surface area contributed by atoms with Gasteiger partial charge in [0.25, 0.3) is 0 Å². The van der Waals surface area contributed by atoms with Crippen molar-refractivity contribution in [2.24, 2.45) is 0 Å². The highest BCUT2D eigenvalue weighted by atomic mass is 16.5. The van der Waals surface area contributed by atoms with Gasteiger partial charge in [-0.15, -0.1) is 0 Å². The van der Waals surface area contributed by atoms with E-state index in [-0.39, 0.29) is 5.91 Å². The van der Waals surface area contributed by atoms with E-state index in [1.807, 2.05) is 64.0 Å². The summed E-state index contributed by atoms with van der Waals surface area (Å²) in [5.74, 6) is 1.88. The van der Waals surface area contributed by atoms with Gasteiger partial charge >= 0.3 is 0 Å². The monoisotopic (exact) mass is 384 g/mol. The van der Waals surface area contributed by atoms with Crippen molar-refractivity contribution in [2.45, 2.75) is 33.9 Å². The average molecular weight is 385 g/mol. The summed E-state index contributed by atoms with van der Waals surface area (Å²) in [6, 6.07) is 12.1. The van der Waals surface area contributed by atoms with E-state index in [4.69, 9.17) is 9.47 Å². The minimum Gasteiger partial charge on any atom is -0.496 e. The van der Waals surface area contributed by atoms with Crippen molar-refractivity contribution in [3.63, 3.8) is 0 Å². The molecule has 0 saturated carbocycles. The van der Waals surface area contributed by atoms with Crippen LogP contribution in [-0.2, 0) is 17.9 Å². The summed E-state index contributed by atoms with van der Waals surface area (Å²) in [6.07, 6.45) is 0. The summed E-state index contributed by atoms with van der Waals surface area (Å²) < 4.78 is 10.9. The first-order valence-corrected chi connectivity index (χ1v) is 9.62. The Morgan fingerprint density at radius 2 is 1.57 bits per heavy atom. The number of amides is 1. The highest BCUT2D eigenvalue weighted by molar-refractivity contribution is 5.78. The highest BCUT2D eigenvalue weighted by Crippen LogP contribution is 2.24. The number of methoxy groups -OCH3 is 1. The standard InChI is InChI=1S/C23H32N2O3/c1-7-28-21-10-8-19(9-11-21)15-25(5)22(26)16-24(4)14-20-12-17(2)23(27-6)18(3)13-20/h8-13H,7,14-16H2,1-6H3. The molecule has 0 heterocycles. The number of benzene rings is 2. The van der Waals surface area contributed by atoms with E-state index in [2.05, 4.69) is 12.1 Å². The van der Waals surface area contributed by atoms with Crippen molar-refractivity contribution in [2.75, 3.05) is 34.4 Å². The Balaban J connectivity index is 1.90. The van der Waals surface area contributed by atoms with Gasteiger partial charge in [0.1, 0.15) is 11.5 Å². The van der Waals surface area contributed by atoms with Crippen LogP contribution in [0.4, 0.5) is 0 Å². The van der Waals surface area contributed by atoms with Gasteiger partial charge in [-0.3, -0.25) is 9.69 Å². The molecule has 0 aliphatic carbocycles. The molecule has 0 N–H and O–H groups in total. The van der Waals surface area contributed by atoms with Crippen molar-refractivity contribution in [3.8, 4) is 11.5 Å². The van der Waals surface area contributed by atoms with Gasteiger partial charge in [0, 0.05) is 20.1 Å². The van der Waals surface area contributed by atoms with Crippen LogP contribution in [0.25, 0.3) is 0 Å². The molecule has 0 bridgehead atoms. The summed E-state index contributed by atoms with van der Waals surface area (Å²) in [5, 5.41) is 0. The number of hydrogen-bond donors (Lipinski definition) is 0. The first-order chi connectivity index (χ1) is 13.3. The maximum atomic E-state index is 12.6. The Labute approximate surface area is 168 Å². The van der Waals surface area contributed by atoms with E-state index in [1.54, 1.807) is 12.0 Å². The predicted molar refractivity (Wildman–Crippen MR) is 113 cm³/mol. The van der Waals surface area contributed by atoms with E-state index < -0.39 is 0 Å². The second-order valence-corrected chi connectivity index (χ2v) is 7.26. The molecule has 152 valence electrons. The molecule has 0 spiro atoms. The van der Waals surface area contributed by atoms with Gasteiger partial charge in [-0.05, 0) is 62.2 Å². The van der Waals surface area contributed by atoms with Crippen molar-refractivity contribution >= 4 is 5.91 Å². The third kappa shape index (κ3) is 5.99. The molecule has 2 rings (SSSR count). The molecule has 28 heavy (non-hydrogen) atoms. The number of ether oxygens (including phenoxy) is 2. The lowest BCUT2D eigenvalue weighted by atomic mass is 10.1. The largest absolute Gasteiger partial charge is 0.496 e. The van der Waals surface area contributed by atoms with Crippen LogP contribution in [0.3, 0.4) is 0 Å². The maximum absolute atomic E-state index is 12.6. The minimum atomic E-state index is 0.0957. The smallest absolute Gasteiger partial charge is 0.236 e. The second kappa shape index (κ2) is 10.1. The van der Waals surface area contributed by atoms with Gasteiger partial charge < -0.3 is 14.4 Å². The Morgan fingerprint density at radius 3 is 2.11 bits per heavy atom. The first kappa shape index (κ1) is 21.8. The van der Waals surface area contributed by atoms with Gasteiger partial charge in [0.05, 0.1) is 20.3 Å². The zero-order valence-corrected chi connectivity index (χ0v) is 17.9. The van der Waals surface area contributed by atoms with Crippen LogP contribution >= 0.6 is 0 Å². The summed E-state index contributed by atoms with van der Waals surface area (Å²) in [6.45, 7) is 8.38. The van der Waals surface area contributed by atoms with Crippen molar-refractivity contribution in [1.29, 1.82) is 0 Å². The molecule has 0 unspecified atom stereocenters. The average Bonchev–Trinajstić information content (AvgIpc) is 2.63. The van der Waals surface area contributed by atoms with E-state index in [9.17, 15) is 4.79 Å². The second-order valence-electron chi connectivity index (χ2n) is 7.26. The molecule has 0 radical (unpaired) electrons. The van der Waals surface area contributed by atoms with Gasteiger partial charge in [-0.25, -0.2) is 0 Å². The lowest BCUT2D eigenvalue weighted by Gasteiger charge is -2.23. The van der Waals surface area contributed by atoms with E-state index in [1.165, 1.54) is 5.56 Å². The summed E-state index contributed by atoms with van der Waals surface area (Å²) in [7, 11) is 5.51. The molecule has 1 amide bonds. The van der Waals surface area contributed by atoms with Crippen LogP contribution in [0.5, 0.6) is 11.5 Å². The SMILES string of the molecule is CCOc1ccc(CN(C)C(=O)CN(C)Cc2cc(C)c(OC)c(C)c2)cc1. The normalized spacial score (nSPS) is 10.8. The quantitative estimate of drug-likeness (QED) is 0.659. The van der Waals surface area contributed by atoms with Gasteiger partial charge in [0.15, 0.2) is 0 Å². The topological polar surface area (TPSA) is 42.0 Å². The number of carbonyl (C=O) groups is 1. The van der Waals surface area contributed by atoms with Crippen LogP contribution in [0.15, 0.2) is 36.4 Å². The number of nitrogens with zero attached hydrogens (tertiary/aromatic N) is 2. The van der Waals surface area contributed by atoms with Gasteiger partial charge in [0.2, 0.25) is 5.91 Å². The molecule has 2 aromatic rings.